The van der Waals surface area contributed by atoms with Crippen LogP contribution in [-0.2, 0) is 6.42 Å². The monoisotopic (exact) mass is 176 g/mol. The van der Waals surface area contributed by atoms with Gasteiger partial charge in [0, 0.05) is 18.3 Å². The fourth-order valence-corrected chi connectivity index (χ4v) is 2.25. The van der Waals surface area contributed by atoms with Crippen LogP contribution < -0.4 is 5.73 Å². The molecule has 0 aromatic carbocycles. The van der Waals surface area contributed by atoms with Crippen molar-refractivity contribution < 1.29 is 0 Å². The van der Waals surface area contributed by atoms with Crippen LogP contribution in [0.4, 0.5) is 0 Å². The van der Waals surface area contributed by atoms with Crippen LogP contribution >= 0.6 is 0 Å². The topological polar surface area (TPSA) is 38.9 Å². The molecule has 0 radical (unpaired) electrons. The van der Waals surface area contributed by atoms with E-state index in [4.69, 9.17) is 5.73 Å². The van der Waals surface area contributed by atoms with Gasteiger partial charge in [-0.1, -0.05) is 6.92 Å². The summed E-state index contributed by atoms with van der Waals surface area (Å²) in [6, 6.07) is 2.13. The smallest absolute Gasteiger partial charge is 0.0306 e. The van der Waals surface area contributed by atoms with Crippen molar-refractivity contribution in [2.24, 2.45) is 11.7 Å². The van der Waals surface area contributed by atoms with Crippen molar-refractivity contribution in [1.29, 1.82) is 0 Å². The van der Waals surface area contributed by atoms with Crippen molar-refractivity contribution in [3.05, 3.63) is 29.6 Å². The minimum absolute atomic E-state index is 0.525. The molecule has 0 saturated heterocycles. The normalized spacial score (nSPS) is 26.9. The predicted molar refractivity (Wildman–Crippen MR) is 53.5 cm³/mol. The van der Waals surface area contributed by atoms with Crippen LogP contribution in [0.5, 0.6) is 0 Å². The van der Waals surface area contributed by atoms with Crippen molar-refractivity contribution in [2.75, 3.05) is 6.54 Å². The standard InChI is InChI=1S/C11H16N2/c1-8-2-3-9-4-5-13-7-11(9)10(8)6-12/h4-5,7-8,10H,2-3,6,12H2,1H3. The number of pyridine rings is 1. The zero-order valence-electron chi connectivity index (χ0n) is 8.03. The van der Waals surface area contributed by atoms with Gasteiger partial charge in [-0.25, -0.2) is 0 Å². The van der Waals surface area contributed by atoms with E-state index in [1.807, 2.05) is 12.4 Å². The number of hydrogen-bond acceptors (Lipinski definition) is 2. The van der Waals surface area contributed by atoms with Crippen LogP contribution in [-0.4, -0.2) is 11.5 Å². The lowest BCUT2D eigenvalue weighted by Crippen LogP contribution is -2.25. The van der Waals surface area contributed by atoms with E-state index >= 15 is 0 Å². The van der Waals surface area contributed by atoms with E-state index in [1.54, 1.807) is 0 Å². The Kier molecular flexibility index (Phi) is 2.32. The Hall–Kier alpha value is -0.890. The molecule has 0 aliphatic heterocycles. The first-order chi connectivity index (χ1) is 6.33. The fourth-order valence-electron chi connectivity index (χ4n) is 2.25. The minimum Gasteiger partial charge on any atom is -0.330 e. The van der Waals surface area contributed by atoms with Gasteiger partial charge in [-0.3, -0.25) is 4.98 Å². The van der Waals surface area contributed by atoms with Crippen LogP contribution in [0.2, 0.25) is 0 Å². The number of aryl methyl sites for hydroxylation is 1. The highest BCUT2D eigenvalue weighted by Gasteiger charge is 2.24. The van der Waals surface area contributed by atoms with Gasteiger partial charge in [0.2, 0.25) is 0 Å². The van der Waals surface area contributed by atoms with Crippen LogP contribution in [0, 0.1) is 5.92 Å². The molecule has 0 spiro atoms. The molecule has 70 valence electrons. The Morgan fingerprint density at radius 2 is 2.46 bits per heavy atom. The molecule has 2 heteroatoms. The Morgan fingerprint density at radius 3 is 3.23 bits per heavy atom. The maximum atomic E-state index is 5.78. The van der Waals surface area contributed by atoms with Gasteiger partial charge in [-0.05, 0) is 42.5 Å². The molecule has 13 heavy (non-hydrogen) atoms. The third-order valence-corrected chi connectivity index (χ3v) is 3.16. The molecule has 1 aliphatic carbocycles. The Balaban J connectivity index is 2.39. The Morgan fingerprint density at radius 1 is 1.62 bits per heavy atom. The van der Waals surface area contributed by atoms with Gasteiger partial charge in [0.1, 0.15) is 0 Å². The second-order valence-corrected chi connectivity index (χ2v) is 3.93. The van der Waals surface area contributed by atoms with E-state index in [2.05, 4.69) is 18.0 Å². The van der Waals surface area contributed by atoms with Gasteiger partial charge in [-0.2, -0.15) is 0 Å². The Labute approximate surface area is 79.2 Å². The molecule has 0 amide bonds. The summed E-state index contributed by atoms with van der Waals surface area (Å²) in [4.78, 5) is 4.18. The van der Waals surface area contributed by atoms with E-state index in [-0.39, 0.29) is 0 Å². The van der Waals surface area contributed by atoms with E-state index in [0.29, 0.717) is 11.8 Å². The number of rotatable bonds is 1. The number of nitrogens with two attached hydrogens (primary N) is 1. The molecule has 2 atom stereocenters. The third kappa shape index (κ3) is 1.46. The van der Waals surface area contributed by atoms with E-state index in [9.17, 15) is 0 Å². The zero-order valence-corrected chi connectivity index (χ0v) is 8.03. The van der Waals surface area contributed by atoms with Crippen LogP contribution in [0.3, 0.4) is 0 Å². The summed E-state index contributed by atoms with van der Waals surface area (Å²) in [5.74, 6) is 1.24. The minimum atomic E-state index is 0.525. The molecule has 0 fully saturated rings. The highest BCUT2D eigenvalue weighted by atomic mass is 14.6. The maximum Gasteiger partial charge on any atom is 0.0306 e. The summed E-state index contributed by atoms with van der Waals surface area (Å²) >= 11 is 0. The molecule has 0 bridgehead atoms. The van der Waals surface area contributed by atoms with Crippen molar-refractivity contribution in [1.82, 2.24) is 4.98 Å². The number of fused-ring (bicyclic) bond motifs is 1. The quantitative estimate of drug-likeness (QED) is 0.707. The van der Waals surface area contributed by atoms with Crippen molar-refractivity contribution >= 4 is 0 Å². The molecule has 1 aromatic rings. The summed E-state index contributed by atoms with van der Waals surface area (Å²) in [6.45, 7) is 3.04. The molecular weight excluding hydrogens is 160 g/mol. The van der Waals surface area contributed by atoms with Gasteiger partial charge < -0.3 is 5.73 Å². The van der Waals surface area contributed by atoms with E-state index < -0.39 is 0 Å². The van der Waals surface area contributed by atoms with Gasteiger partial charge in [-0.15, -0.1) is 0 Å². The molecule has 2 rings (SSSR count). The van der Waals surface area contributed by atoms with Crippen molar-refractivity contribution in [2.45, 2.75) is 25.7 Å². The number of hydrogen-bond donors (Lipinski definition) is 1. The summed E-state index contributed by atoms with van der Waals surface area (Å²) in [5.41, 5.74) is 8.61. The van der Waals surface area contributed by atoms with E-state index in [0.717, 1.165) is 6.54 Å². The third-order valence-electron chi connectivity index (χ3n) is 3.16. The van der Waals surface area contributed by atoms with Gasteiger partial charge in [0.25, 0.3) is 0 Å². The SMILES string of the molecule is CC1CCc2ccncc2C1CN. The molecule has 2 N–H and O–H groups in total. The highest BCUT2D eigenvalue weighted by Crippen LogP contribution is 2.34. The number of nitrogens with zero attached hydrogens (tertiary/aromatic N) is 1. The second kappa shape index (κ2) is 3.46. The zero-order chi connectivity index (χ0) is 9.26. The lowest BCUT2D eigenvalue weighted by molar-refractivity contribution is 0.407. The maximum absolute atomic E-state index is 5.78. The second-order valence-electron chi connectivity index (χ2n) is 3.93. The Bertz CT molecular complexity index is 296. The fraction of sp³-hybridized carbons (Fsp3) is 0.545. The van der Waals surface area contributed by atoms with Gasteiger partial charge in [0.15, 0.2) is 0 Å². The highest BCUT2D eigenvalue weighted by molar-refractivity contribution is 5.30. The first-order valence-electron chi connectivity index (χ1n) is 4.95. The van der Waals surface area contributed by atoms with Crippen LogP contribution in [0.15, 0.2) is 18.5 Å². The van der Waals surface area contributed by atoms with Crippen LogP contribution in [0.25, 0.3) is 0 Å². The van der Waals surface area contributed by atoms with E-state index in [1.165, 1.54) is 24.0 Å². The summed E-state index contributed by atoms with van der Waals surface area (Å²) in [5, 5.41) is 0. The number of aromatic nitrogens is 1. The molecule has 1 aromatic heterocycles. The molecule has 2 nitrogen and oxygen atoms in total. The first-order valence-corrected chi connectivity index (χ1v) is 4.95. The molecule has 1 heterocycles. The van der Waals surface area contributed by atoms with Gasteiger partial charge in [0.05, 0.1) is 0 Å². The lowest BCUT2D eigenvalue weighted by atomic mass is 9.77. The first kappa shape index (κ1) is 8.70. The molecule has 0 saturated carbocycles. The largest absolute Gasteiger partial charge is 0.330 e. The lowest BCUT2D eigenvalue weighted by Gasteiger charge is -2.29. The summed E-state index contributed by atoms with van der Waals surface area (Å²) in [7, 11) is 0. The summed E-state index contributed by atoms with van der Waals surface area (Å²) in [6.07, 6.45) is 6.32. The molecule has 1 aliphatic rings. The average Bonchev–Trinajstić information content (AvgIpc) is 2.18. The van der Waals surface area contributed by atoms with Crippen molar-refractivity contribution in [3.63, 3.8) is 0 Å². The predicted octanol–water partition coefficient (Wildman–Crippen LogP) is 1.71. The molecular formula is C11H16N2. The summed E-state index contributed by atoms with van der Waals surface area (Å²) < 4.78 is 0. The van der Waals surface area contributed by atoms with Crippen LogP contribution in [0.1, 0.15) is 30.4 Å². The van der Waals surface area contributed by atoms with Crippen molar-refractivity contribution in [3.8, 4) is 0 Å². The average molecular weight is 176 g/mol. The van der Waals surface area contributed by atoms with Gasteiger partial charge >= 0.3 is 0 Å². The molecule has 2 unspecified atom stereocenters.